The number of hydrogen-bond donors (Lipinski definition) is 1. The lowest BCUT2D eigenvalue weighted by Gasteiger charge is -2.30. The second kappa shape index (κ2) is 4.76. The van der Waals surface area contributed by atoms with E-state index in [1.165, 1.54) is 0 Å². The third-order valence-corrected chi connectivity index (χ3v) is 3.47. The Labute approximate surface area is 112 Å². The zero-order chi connectivity index (χ0) is 13.2. The summed E-state index contributed by atoms with van der Waals surface area (Å²) in [6.45, 7) is 0.609. The predicted octanol–water partition coefficient (Wildman–Crippen LogP) is 2.93. The van der Waals surface area contributed by atoms with Gasteiger partial charge in [0, 0.05) is 24.0 Å². The van der Waals surface area contributed by atoms with E-state index >= 15 is 0 Å². The van der Waals surface area contributed by atoms with Crippen LogP contribution < -0.4 is 0 Å². The van der Waals surface area contributed by atoms with E-state index in [9.17, 15) is 9.90 Å². The van der Waals surface area contributed by atoms with Crippen LogP contribution in [0.25, 0.3) is 0 Å². The van der Waals surface area contributed by atoms with Crippen LogP contribution in [0.4, 0.5) is 0 Å². The summed E-state index contributed by atoms with van der Waals surface area (Å²) >= 11 is 0. The molecule has 19 heavy (non-hydrogen) atoms. The Balaban J connectivity index is 2.14. The molecule has 0 amide bonds. The molecule has 0 aromatic carbocycles. The van der Waals surface area contributed by atoms with Gasteiger partial charge < -0.3 is 10.0 Å². The predicted molar refractivity (Wildman–Crippen MR) is 74.2 cm³/mol. The van der Waals surface area contributed by atoms with E-state index in [0.717, 1.165) is 29.7 Å². The largest absolute Gasteiger partial charge is 0.478 e. The molecule has 1 N–H and O–H groups in total. The van der Waals surface area contributed by atoms with Crippen molar-refractivity contribution in [2.45, 2.75) is 12.8 Å². The van der Waals surface area contributed by atoms with E-state index in [1.807, 2.05) is 30.5 Å². The molecule has 0 aromatic rings. The molecule has 3 heteroatoms. The van der Waals surface area contributed by atoms with Gasteiger partial charge in [0.05, 0.1) is 5.57 Å². The zero-order valence-corrected chi connectivity index (χ0v) is 10.5. The summed E-state index contributed by atoms with van der Waals surface area (Å²) < 4.78 is 0. The van der Waals surface area contributed by atoms with E-state index < -0.39 is 5.97 Å². The number of hydrogen-bond acceptors (Lipinski definition) is 2. The summed E-state index contributed by atoms with van der Waals surface area (Å²) in [4.78, 5) is 13.5. The molecule has 2 heterocycles. The second-order valence-electron chi connectivity index (χ2n) is 4.68. The van der Waals surface area contributed by atoms with Gasteiger partial charge >= 0.3 is 5.97 Å². The van der Waals surface area contributed by atoms with Crippen molar-refractivity contribution >= 4 is 5.97 Å². The van der Waals surface area contributed by atoms with E-state index in [-0.39, 0.29) is 0 Å². The zero-order valence-electron chi connectivity index (χ0n) is 10.5. The smallest absolute Gasteiger partial charge is 0.336 e. The van der Waals surface area contributed by atoms with Gasteiger partial charge in [-0.15, -0.1) is 0 Å². The lowest BCUT2D eigenvalue weighted by molar-refractivity contribution is -0.132. The number of aliphatic carboxylic acids is 1. The van der Waals surface area contributed by atoms with Gasteiger partial charge in [0.2, 0.25) is 0 Å². The minimum atomic E-state index is -0.857. The molecule has 0 atom stereocenters. The molecule has 1 aliphatic carbocycles. The standard InChI is InChI=1S/C16H15NO2/c18-16(19)13-9-11-17-10-5-4-8-14(17)15(13)12-6-2-1-3-7-12/h2,4-10H,1,3,11H2,(H,18,19). The van der Waals surface area contributed by atoms with Crippen molar-refractivity contribution in [1.29, 1.82) is 0 Å². The van der Waals surface area contributed by atoms with Crippen LogP contribution in [0.3, 0.4) is 0 Å². The SMILES string of the molecule is O=C(O)C1=CCN2C=CC=CC2=C1C1=CCCC=C1. The number of nitrogens with zero attached hydrogens (tertiary/aromatic N) is 1. The highest BCUT2D eigenvalue weighted by atomic mass is 16.4. The van der Waals surface area contributed by atoms with Gasteiger partial charge in [0.25, 0.3) is 0 Å². The molecule has 3 aliphatic rings. The summed E-state index contributed by atoms with van der Waals surface area (Å²) in [7, 11) is 0. The number of fused-ring (bicyclic) bond motifs is 1. The fourth-order valence-electron chi connectivity index (χ4n) is 2.59. The molecule has 2 aliphatic heterocycles. The molecule has 0 radical (unpaired) electrons. The normalized spacial score (nSPS) is 21.2. The first-order valence-electron chi connectivity index (χ1n) is 6.44. The number of allylic oxidation sites excluding steroid dienone is 7. The third kappa shape index (κ3) is 2.08. The Morgan fingerprint density at radius 2 is 2.05 bits per heavy atom. The van der Waals surface area contributed by atoms with Crippen LogP contribution in [0.2, 0.25) is 0 Å². The highest BCUT2D eigenvalue weighted by Crippen LogP contribution is 2.33. The first-order chi connectivity index (χ1) is 9.27. The van der Waals surface area contributed by atoms with Crippen LogP contribution in [0.1, 0.15) is 12.8 Å². The van der Waals surface area contributed by atoms with Crippen molar-refractivity contribution in [3.63, 3.8) is 0 Å². The number of carbonyl (C=O) groups is 1. The fourth-order valence-corrected chi connectivity index (χ4v) is 2.59. The lowest BCUT2D eigenvalue weighted by atomic mass is 9.88. The minimum Gasteiger partial charge on any atom is -0.478 e. The molecule has 3 nitrogen and oxygen atoms in total. The molecule has 0 aromatic heterocycles. The maximum Gasteiger partial charge on any atom is 0.336 e. The van der Waals surface area contributed by atoms with Crippen LogP contribution in [0, 0.1) is 0 Å². The summed E-state index contributed by atoms with van der Waals surface area (Å²) in [5.41, 5.74) is 3.22. The summed E-state index contributed by atoms with van der Waals surface area (Å²) in [6, 6.07) is 0. The van der Waals surface area contributed by atoms with Crippen LogP contribution in [0.15, 0.2) is 71.1 Å². The van der Waals surface area contributed by atoms with Gasteiger partial charge in [-0.3, -0.25) is 0 Å². The average molecular weight is 253 g/mol. The van der Waals surface area contributed by atoms with Crippen LogP contribution in [-0.2, 0) is 4.79 Å². The topological polar surface area (TPSA) is 40.5 Å². The number of carboxylic acids is 1. The monoisotopic (exact) mass is 253 g/mol. The van der Waals surface area contributed by atoms with Crippen LogP contribution in [-0.4, -0.2) is 22.5 Å². The quantitative estimate of drug-likeness (QED) is 0.822. The maximum absolute atomic E-state index is 11.5. The molecular formula is C16H15NO2. The van der Waals surface area contributed by atoms with Crippen molar-refractivity contribution < 1.29 is 9.90 Å². The van der Waals surface area contributed by atoms with Crippen molar-refractivity contribution in [1.82, 2.24) is 4.90 Å². The van der Waals surface area contributed by atoms with Gasteiger partial charge in [-0.2, -0.15) is 0 Å². The highest BCUT2D eigenvalue weighted by Gasteiger charge is 2.26. The summed E-state index contributed by atoms with van der Waals surface area (Å²) in [5, 5.41) is 9.42. The van der Waals surface area contributed by atoms with Crippen LogP contribution in [0.5, 0.6) is 0 Å². The molecule has 0 fully saturated rings. The summed E-state index contributed by atoms with van der Waals surface area (Å²) in [5.74, 6) is -0.857. The van der Waals surface area contributed by atoms with Crippen molar-refractivity contribution in [2.24, 2.45) is 0 Å². The molecule has 0 saturated heterocycles. The molecule has 0 bridgehead atoms. The van der Waals surface area contributed by atoms with E-state index in [0.29, 0.717) is 12.1 Å². The van der Waals surface area contributed by atoms with Gasteiger partial charge in [0.1, 0.15) is 0 Å². The first kappa shape index (κ1) is 11.8. The third-order valence-electron chi connectivity index (χ3n) is 3.47. The second-order valence-corrected chi connectivity index (χ2v) is 4.68. The molecule has 0 spiro atoms. The Kier molecular flexibility index (Phi) is 2.95. The Morgan fingerprint density at radius 1 is 1.16 bits per heavy atom. The lowest BCUT2D eigenvalue weighted by Crippen LogP contribution is -2.26. The maximum atomic E-state index is 11.5. The molecule has 0 saturated carbocycles. The van der Waals surface area contributed by atoms with Crippen molar-refractivity contribution in [3.8, 4) is 0 Å². The Hall–Kier alpha value is -2.29. The van der Waals surface area contributed by atoms with Gasteiger partial charge in [0.15, 0.2) is 0 Å². The Bertz CT molecular complexity index is 600. The molecular weight excluding hydrogens is 238 g/mol. The van der Waals surface area contributed by atoms with Crippen molar-refractivity contribution in [2.75, 3.05) is 6.54 Å². The molecule has 0 unspecified atom stereocenters. The minimum absolute atomic E-state index is 0.406. The average Bonchev–Trinajstić information content (AvgIpc) is 2.46. The molecule has 96 valence electrons. The van der Waals surface area contributed by atoms with E-state index in [1.54, 1.807) is 6.08 Å². The summed E-state index contributed by atoms with van der Waals surface area (Å²) in [6.07, 6.45) is 17.9. The first-order valence-corrected chi connectivity index (χ1v) is 6.44. The van der Waals surface area contributed by atoms with E-state index in [2.05, 4.69) is 17.1 Å². The van der Waals surface area contributed by atoms with Gasteiger partial charge in [-0.1, -0.05) is 24.3 Å². The van der Waals surface area contributed by atoms with Gasteiger partial charge in [-0.25, -0.2) is 4.79 Å². The highest BCUT2D eigenvalue weighted by molar-refractivity contribution is 5.95. The number of rotatable bonds is 2. The Morgan fingerprint density at radius 3 is 2.79 bits per heavy atom. The van der Waals surface area contributed by atoms with Crippen LogP contribution >= 0.6 is 0 Å². The van der Waals surface area contributed by atoms with E-state index in [4.69, 9.17) is 0 Å². The van der Waals surface area contributed by atoms with Crippen molar-refractivity contribution in [3.05, 3.63) is 71.1 Å². The fraction of sp³-hybridized carbons (Fsp3) is 0.188. The molecule has 3 rings (SSSR count). The van der Waals surface area contributed by atoms with Gasteiger partial charge in [-0.05, 0) is 36.6 Å². The number of carboxylic acid groups (broad SMARTS) is 1.